The molecule has 0 aliphatic heterocycles. The zero-order valence-electron chi connectivity index (χ0n) is 11.3. The molecule has 0 saturated heterocycles. The van der Waals surface area contributed by atoms with Gasteiger partial charge in [-0.15, -0.1) is 0 Å². The van der Waals surface area contributed by atoms with E-state index in [0.717, 1.165) is 5.56 Å². The maximum absolute atomic E-state index is 6.16. The minimum atomic E-state index is 0.438. The van der Waals surface area contributed by atoms with Crippen molar-refractivity contribution in [3.63, 3.8) is 0 Å². The molecule has 3 rings (SSSR count). The van der Waals surface area contributed by atoms with Crippen LogP contribution in [-0.4, -0.2) is 9.97 Å². The van der Waals surface area contributed by atoms with Crippen molar-refractivity contribution in [2.45, 2.75) is 13.5 Å². The van der Waals surface area contributed by atoms with Gasteiger partial charge in [-0.05, 0) is 24.6 Å². The summed E-state index contributed by atoms with van der Waals surface area (Å²) in [5.74, 6) is 0.482. The Bertz CT molecular complexity index is 791. The van der Waals surface area contributed by atoms with Crippen LogP contribution >= 0.6 is 23.2 Å². The van der Waals surface area contributed by atoms with E-state index in [1.165, 1.54) is 0 Å². The predicted octanol–water partition coefficient (Wildman–Crippen LogP) is 4.82. The molecule has 3 aromatic rings. The van der Waals surface area contributed by atoms with Gasteiger partial charge in [0.1, 0.15) is 17.8 Å². The summed E-state index contributed by atoms with van der Waals surface area (Å²) in [6, 6.07) is 13.3. The summed E-state index contributed by atoms with van der Waals surface area (Å²) in [5.41, 5.74) is 3.03. The van der Waals surface area contributed by atoms with Gasteiger partial charge in [0.2, 0.25) is 5.88 Å². The summed E-state index contributed by atoms with van der Waals surface area (Å²) in [5, 5.41) is 1.01. The number of rotatable bonds is 3. The molecule has 0 radical (unpaired) electrons. The van der Waals surface area contributed by atoms with Gasteiger partial charge in [-0.3, -0.25) is 0 Å². The van der Waals surface area contributed by atoms with E-state index >= 15 is 0 Å². The molecule has 21 heavy (non-hydrogen) atoms. The highest BCUT2D eigenvalue weighted by atomic mass is 35.5. The van der Waals surface area contributed by atoms with Crippen LogP contribution < -0.4 is 4.74 Å². The van der Waals surface area contributed by atoms with E-state index in [9.17, 15) is 0 Å². The Balaban J connectivity index is 1.94. The number of halogens is 2. The molecule has 106 valence electrons. The molecule has 0 saturated carbocycles. The molecule has 0 fully saturated rings. The summed E-state index contributed by atoms with van der Waals surface area (Å²) in [6.45, 7) is 2.29. The first-order valence-corrected chi connectivity index (χ1v) is 7.19. The SMILES string of the molecule is Cc1nc2cc(Cl)cc(Cl)c2nc1OCc1ccccc1. The van der Waals surface area contributed by atoms with Crippen LogP contribution in [0.5, 0.6) is 5.88 Å². The molecular weight excluding hydrogens is 307 g/mol. The molecule has 0 amide bonds. The lowest BCUT2D eigenvalue weighted by Gasteiger charge is -2.09. The van der Waals surface area contributed by atoms with E-state index in [-0.39, 0.29) is 0 Å². The second-order valence-corrected chi connectivity index (χ2v) is 5.49. The van der Waals surface area contributed by atoms with E-state index in [1.807, 2.05) is 37.3 Å². The summed E-state index contributed by atoms with van der Waals surface area (Å²) in [7, 11) is 0. The van der Waals surface area contributed by atoms with Crippen LogP contribution in [-0.2, 0) is 6.61 Å². The molecular formula is C16H12Cl2N2O. The van der Waals surface area contributed by atoms with Gasteiger partial charge >= 0.3 is 0 Å². The predicted molar refractivity (Wildman–Crippen MR) is 85.1 cm³/mol. The Labute approximate surface area is 132 Å². The Morgan fingerprint density at radius 1 is 1.05 bits per heavy atom. The van der Waals surface area contributed by atoms with Crippen molar-refractivity contribution in [2.75, 3.05) is 0 Å². The number of aryl methyl sites for hydroxylation is 1. The van der Waals surface area contributed by atoms with E-state index < -0.39 is 0 Å². The third-order valence-corrected chi connectivity index (χ3v) is 3.54. The fourth-order valence-corrected chi connectivity index (χ4v) is 2.55. The molecule has 1 heterocycles. The Morgan fingerprint density at radius 3 is 2.57 bits per heavy atom. The second-order valence-electron chi connectivity index (χ2n) is 4.64. The van der Waals surface area contributed by atoms with E-state index in [2.05, 4.69) is 9.97 Å². The number of hydrogen-bond acceptors (Lipinski definition) is 3. The zero-order valence-corrected chi connectivity index (χ0v) is 12.8. The summed E-state index contributed by atoms with van der Waals surface area (Å²) < 4.78 is 5.75. The Hall–Kier alpha value is -1.84. The topological polar surface area (TPSA) is 35.0 Å². The molecule has 0 aliphatic rings. The fourth-order valence-electron chi connectivity index (χ4n) is 2.02. The van der Waals surface area contributed by atoms with Gasteiger partial charge < -0.3 is 4.74 Å². The second kappa shape index (κ2) is 5.88. The van der Waals surface area contributed by atoms with Crippen molar-refractivity contribution in [1.82, 2.24) is 9.97 Å². The van der Waals surface area contributed by atoms with Crippen molar-refractivity contribution in [3.05, 3.63) is 63.8 Å². The number of fused-ring (bicyclic) bond motifs is 1. The van der Waals surface area contributed by atoms with Crippen molar-refractivity contribution < 1.29 is 4.74 Å². The van der Waals surface area contributed by atoms with Gasteiger partial charge in [-0.25, -0.2) is 9.97 Å². The van der Waals surface area contributed by atoms with Crippen LogP contribution in [0.15, 0.2) is 42.5 Å². The highest BCUT2D eigenvalue weighted by Gasteiger charge is 2.10. The largest absolute Gasteiger partial charge is 0.471 e. The molecule has 0 bridgehead atoms. The summed E-state index contributed by atoms with van der Waals surface area (Å²) >= 11 is 12.1. The molecule has 5 heteroatoms. The van der Waals surface area contributed by atoms with Crippen molar-refractivity contribution in [1.29, 1.82) is 0 Å². The van der Waals surface area contributed by atoms with Gasteiger partial charge in [0.05, 0.1) is 10.5 Å². The zero-order chi connectivity index (χ0) is 14.8. The van der Waals surface area contributed by atoms with Crippen LogP contribution in [0.3, 0.4) is 0 Å². The molecule has 0 aliphatic carbocycles. The minimum absolute atomic E-state index is 0.438. The number of nitrogens with zero attached hydrogens (tertiary/aromatic N) is 2. The Morgan fingerprint density at radius 2 is 1.81 bits per heavy atom. The smallest absolute Gasteiger partial charge is 0.236 e. The molecule has 3 nitrogen and oxygen atoms in total. The molecule has 0 unspecified atom stereocenters. The van der Waals surface area contributed by atoms with Crippen molar-refractivity contribution in [3.8, 4) is 5.88 Å². The maximum Gasteiger partial charge on any atom is 0.236 e. The highest BCUT2D eigenvalue weighted by Crippen LogP contribution is 2.28. The quantitative estimate of drug-likeness (QED) is 0.694. The van der Waals surface area contributed by atoms with E-state index in [1.54, 1.807) is 12.1 Å². The first kappa shape index (κ1) is 14.1. The monoisotopic (exact) mass is 318 g/mol. The minimum Gasteiger partial charge on any atom is -0.471 e. The lowest BCUT2D eigenvalue weighted by Crippen LogP contribution is -2.01. The van der Waals surface area contributed by atoms with Gasteiger partial charge in [0, 0.05) is 5.02 Å². The molecule has 0 atom stereocenters. The molecule has 0 spiro atoms. The molecule has 0 N–H and O–H groups in total. The summed E-state index contributed by atoms with van der Waals surface area (Å²) in [6.07, 6.45) is 0. The van der Waals surface area contributed by atoms with Gasteiger partial charge in [0.25, 0.3) is 0 Å². The lowest BCUT2D eigenvalue weighted by atomic mass is 10.2. The van der Waals surface area contributed by atoms with Crippen LogP contribution in [0.4, 0.5) is 0 Å². The molecule has 2 aromatic carbocycles. The third-order valence-electron chi connectivity index (χ3n) is 3.04. The number of hydrogen-bond donors (Lipinski definition) is 0. The van der Waals surface area contributed by atoms with Crippen molar-refractivity contribution in [2.24, 2.45) is 0 Å². The first-order valence-electron chi connectivity index (χ1n) is 6.43. The lowest BCUT2D eigenvalue weighted by molar-refractivity contribution is 0.291. The van der Waals surface area contributed by atoms with Crippen LogP contribution in [0.2, 0.25) is 10.0 Å². The molecule has 1 aromatic heterocycles. The third kappa shape index (κ3) is 3.09. The van der Waals surface area contributed by atoms with Crippen LogP contribution in [0.1, 0.15) is 11.3 Å². The number of aromatic nitrogens is 2. The van der Waals surface area contributed by atoms with Gasteiger partial charge in [-0.2, -0.15) is 0 Å². The number of ether oxygens (including phenoxy) is 1. The normalized spacial score (nSPS) is 10.8. The highest BCUT2D eigenvalue weighted by molar-refractivity contribution is 6.38. The van der Waals surface area contributed by atoms with E-state index in [0.29, 0.717) is 39.3 Å². The fraction of sp³-hybridized carbons (Fsp3) is 0.125. The van der Waals surface area contributed by atoms with Crippen molar-refractivity contribution >= 4 is 34.2 Å². The maximum atomic E-state index is 6.16. The van der Waals surface area contributed by atoms with Gasteiger partial charge in [0.15, 0.2) is 0 Å². The summed E-state index contributed by atoms with van der Waals surface area (Å²) in [4.78, 5) is 8.91. The Kier molecular flexibility index (Phi) is 3.95. The first-order chi connectivity index (χ1) is 10.1. The van der Waals surface area contributed by atoms with Gasteiger partial charge in [-0.1, -0.05) is 53.5 Å². The van der Waals surface area contributed by atoms with E-state index in [4.69, 9.17) is 27.9 Å². The standard InChI is InChI=1S/C16H12Cl2N2O/c1-10-16(21-9-11-5-3-2-4-6-11)20-15-13(18)7-12(17)8-14(15)19-10/h2-8H,9H2,1H3. The average Bonchev–Trinajstić information content (AvgIpc) is 2.46. The average molecular weight is 319 g/mol. The van der Waals surface area contributed by atoms with Crippen LogP contribution in [0, 0.1) is 6.92 Å². The van der Waals surface area contributed by atoms with Crippen LogP contribution in [0.25, 0.3) is 11.0 Å². The number of benzene rings is 2.